The van der Waals surface area contributed by atoms with E-state index in [4.69, 9.17) is 4.74 Å². The highest BCUT2D eigenvalue weighted by atomic mass is 32.2. The largest absolute Gasteiger partial charge is 0.457 e. The molecule has 0 bridgehead atoms. The van der Waals surface area contributed by atoms with Crippen molar-refractivity contribution in [3.05, 3.63) is 119 Å². The van der Waals surface area contributed by atoms with Crippen LogP contribution in [0.1, 0.15) is 17.3 Å². The van der Waals surface area contributed by atoms with Crippen molar-refractivity contribution < 1.29 is 19.2 Å². The smallest absolute Gasteiger partial charge is 0.270 e. The fourth-order valence-corrected chi connectivity index (χ4v) is 4.18. The molecule has 0 heterocycles. The maximum Gasteiger partial charge on any atom is 0.270 e. The summed E-state index contributed by atoms with van der Waals surface area (Å²) < 4.78 is 5.77. The van der Waals surface area contributed by atoms with E-state index in [9.17, 15) is 19.7 Å². The van der Waals surface area contributed by atoms with Crippen molar-refractivity contribution in [2.45, 2.75) is 17.1 Å². The van der Waals surface area contributed by atoms with E-state index in [-0.39, 0.29) is 22.4 Å². The van der Waals surface area contributed by atoms with E-state index in [1.54, 1.807) is 48.5 Å². The Morgan fingerprint density at radius 3 is 2.11 bits per heavy atom. The molecular weight excluding hydrogens is 490 g/mol. The number of carbonyl (C=O) groups is 2. The maximum absolute atomic E-state index is 12.7. The summed E-state index contributed by atoms with van der Waals surface area (Å²) >= 11 is 1.38. The molecule has 2 N–H and O–H groups in total. The van der Waals surface area contributed by atoms with Gasteiger partial charge >= 0.3 is 0 Å². The van der Waals surface area contributed by atoms with Crippen molar-refractivity contribution in [3.8, 4) is 11.5 Å². The monoisotopic (exact) mass is 513 g/mol. The van der Waals surface area contributed by atoms with Gasteiger partial charge in [-0.05, 0) is 73.7 Å². The molecule has 4 rings (SSSR count). The van der Waals surface area contributed by atoms with Crippen LogP contribution in [-0.2, 0) is 4.79 Å². The van der Waals surface area contributed by atoms with Crippen molar-refractivity contribution in [1.82, 2.24) is 0 Å². The lowest BCUT2D eigenvalue weighted by Crippen LogP contribution is -2.22. The number of nitrogens with zero attached hydrogens (tertiary/aromatic N) is 1. The second-order valence-electron chi connectivity index (χ2n) is 7.97. The van der Waals surface area contributed by atoms with Gasteiger partial charge < -0.3 is 15.4 Å². The second-order valence-corrected chi connectivity index (χ2v) is 9.39. The van der Waals surface area contributed by atoms with Crippen LogP contribution < -0.4 is 15.4 Å². The zero-order valence-corrected chi connectivity index (χ0v) is 20.6. The number of hydrogen-bond acceptors (Lipinski definition) is 6. The van der Waals surface area contributed by atoms with Gasteiger partial charge in [-0.1, -0.05) is 24.3 Å². The number of amides is 2. The van der Waals surface area contributed by atoms with Gasteiger partial charge in [0.2, 0.25) is 5.91 Å². The van der Waals surface area contributed by atoms with Crippen LogP contribution in [-0.4, -0.2) is 22.0 Å². The van der Waals surface area contributed by atoms with Crippen LogP contribution in [0.5, 0.6) is 11.5 Å². The highest BCUT2D eigenvalue weighted by Gasteiger charge is 2.16. The number of nitro groups is 1. The van der Waals surface area contributed by atoms with E-state index >= 15 is 0 Å². The molecule has 1 unspecified atom stereocenters. The van der Waals surface area contributed by atoms with E-state index < -0.39 is 10.8 Å². The van der Waals surface area contributed by atoms with Gasteiger partial charge in [0.25, 0.3) is 11.6 Å². The first-order valence-electron chi connectivity index (χ1n) is 11.3. The topological polar surface area (TPSA) is 111 Å². The summed E-state index contributed by atoms with van der Waals surface area (Å²) in [4.78, 5) is 36.3. The third kappa shape index (κ3) is 7.18. The summed E-state index contributed by atoms with van der Waals surface area (Å²) in [6.45, 7) is 1.81. The van der Waals surface area contributed by atoms with Crippen molar-refractivity contribution in [2.75, 3.05) is 10.6 Å². The Bertz CT molecular complexity index is 1390. The summed E-state index contributed by atoms with van der Waals surface area (Å²) in [5.41, 5.74) is 1.24. The Balaban J connectivity index is 1.29. The van der Waals surface area contributed by atoms with E-state index in [1.165, 1.54) is 36.0 Å². The van der Waals surface area contributed by atoms with Crippen LogP contribution in [0.4, 0.5) is 17.1 Å². The number of carbonyl (C=O) groups excluding carboxylic acids is 2. The van der Waals surface area contributed by atoms with E-state index in [0.717, 1.165) is 10.6 Å². The molecule has 0 aliphatic carbocycles. The number of nitro benzene ring substituents is 1. The Labute approximate surface area is 217 Å². The molecule has 186 valence electrons. The van der Waals surface area contributed by atoms with Crippen LogP contribution >= 0.6 is 11.8 Å². The number of thioether (sulfide) groups is 1. The number of non-ortho nitro benzene ring substituents is 1. The molecule has 37 heavy (non-hydrogen) atoms. The van der Waals surface area contributed by atoms with Crippen molar-refractivity contribution in [2.24, 2.45) is 0 Å². The minimum absolute atomic E-state index is 0.148. The minimum Gasteiger partial charge on any atom is -0.457 e. The van der Waals surface area contributed by atoms with Crippen LogP contribution in [0.3, 0.4) is 0 Å². The highest BCUT2D eigenvalue weighted by molar-refractivity contribution is 8.00. The number of rotatable bonds is 9. The SMILES string of the molecule is CC(Sc1ccc(NC(=O)c2cccc([N+](=O)[O-])c2)cc1)C(=O)Nc1ccc(Oc2ccccc2)cc1. The first-order chi connectivity index (χ1) is 17.9. The zero-order chi connectivity index (χ0) is 26.2. The second kappa shape index (κ2) is 11.9. The molecule has 0 aromatic heterocycles. The van der Waals surface area contributed by atoms with Crippen LogP contribution in [0.2, 0.25) is 0 Å². The van der Waals surface area contributed by atoms with Gasteiger partial charge in [-0.15, -0.1) is 11.8 Å². The molecule has 1 atom stereocenters. The lowest BCUT2D eigenvalue weighted by Gasteiger charge is -2.13. The summed E-state index contributed by atoms with van der Waals surface area (Å²) in [5, 5.41) is 16.2. The fourth-order valence-electron chi connectivity index (χ4n) is 3.31. The Morgan fingerprint density at radius 2 is 1.43 bits per heavy atom. The summed E-state index contributed by atoms with van der Waals surface area (Å²) in [6, 6.07) is 29.2. The molecule has 0 saturated carbocycles. The molecule has 4 aromatic rings. The molecule has 2 amide bonds. The van der Waals surface area contributed by atoms with Crippen molar-refractivity contribution in [3.63, 3.8) is 0 Å². The normalized spacial score (nSPS) is 11.3. The molecular formula is C28H23N3O5S. The number of benzene rings is 4. The van der Waals surface area contributed by atoms with Gasteiger partial charge in [0, 0.05) is 34.0 Å². The molecule has 0 radical (unpaired) electrons. The molecule has 0 spiro atoms. The Hall–Kier alpha value is -4.63. The van der Waals surface area contributed by atoms with E-state index in [1.807, 2.05) is 37.3 Å². The minimum atomic E-state index is -0.546. The third-order valence-electron chi connectivity index (χ3n) is 5.21. The van der Waals surface area contributed by atoms with Crippen LogP contribution in [0.25, 0.3) is 0 Å². The lowest BCUT2D eigenvalue weighted by molar-refractivity contribution is -0.384. The average molecular weight is 514 g/mol. The zero-order valence-electron chi connectivity index (χ0n) is 19.8. The number of hydrogen-bond donors (Lipinski definition) is 2. The molecule has 8 nitrogen and oxygen atoms in total. The number of para-hydroxylation sites is 1. The van der Waals surface area contributed by atoms with Gasteiger partial charge in [-0.2, -0.15) is 0 Å². The molecule has 0 aliphatic heterocycles. The number of nitrogens with one attached hydrogen (secondary N) is 2. The summed E-state index contributed by atoms with van der Waals surface area (Å²) in [7, 11) is 0. The van der Waals surface area contributed by atoms with Gasteiger partial charge in [-0.25, -0.2) is 0 Å². The lowest BCUT2D eigenvalue weighted by atomic mass is 10.2. The Morgan fingerprint density at radius 1 is 0.811 bits per heavy atom. The van der Waals surface area contributed by atoms with E-state index in [0.29, 0.717) is 17.1 Å². The highest BCUT2D eigenvalue weighted by Crippen LogP contribution is 2.27. The number of ether oxygens (including phenoxy) is 1. The van der Waals surface area contributed by atoms with Gasteiger partial charge in [0.15, 0.2) is 0 Å². The first-order valence-corrected chi connectivity index (χ1v) is 12.2. The van der Waals surface area contributed by atoms with Gasteiger partial charge in [-0.3, -0.25) is 19.7 Å². The van der Waals surface area contributed by atoms with Gasteiger partial charge in [0.05, 0.1) is 10.2 Å². The molecule has 0 aliphatic rings. The van der Waals surface area contributed by atoms with Crippen molar-refractivity contribution >= 4 is 40.6 Å². The molecule has 0 fully saturated rings. The van der Waals surface area contributed by atoms with Crippen LogP contribution in [0.15, 0.2) is 108 Å². The standard InChI is InChI=1S/C28H23N3O5S/c1-19(27(32)29-21-10-14-25(15-11-21)36-24-8-3-2-4-9-24)37-26-16-12-22(13-17-26)30-28(33)20-6-5-7-23(18-20)31(34)35/h2-19H,1H3,(H,29,32)(H,30,33). The maximum atomic E-state index is 12.7. The quantitative estimate of drug-likeness (QED) is 0.145. The summed E-state index contributed by atoms with van der Waals surface area (Å²) in [6.07, 6.45) is 0. The number of anilines is 2. The fraction of sp³-hybridized carbons (Fsp3) is 0.0714. The average Bonchev–Trinajstić information content (AvgIpc) is 2.91. The predicted molar refractivity (Wildman–Crippen MR) is 144 cm³/mol. The van der Waals surface area contributed by atoms with Crippen molar-refractivity contribution in [1.29, 1.82) is 0 Å². The molecule has 0 saturated heterocycles. The van der Waals surface area contributed by atoms with Crippen LogP contribution in [0, 0.1) is 10.1 Å². The Kier molecular flexibility index (Phi) is 8.17. The molecule has 4 aromatic carbocycles. The first kappa shape index (κ1) is 25.5. The van der Waals surface area contributed by atoms with E-state index in [2.05, 4.69) is 10.6 Å². The third-order valence-corrected chi connectivity index (χ3v) is 6.33. The molecule has 9 heteroatoms. The summed E-state index contributed by atoms with van der Waals surface area (Å²) in [5.74, 6) is 0.810. The predicted octanol–water partition coefficient (Wildman–Crippen LogP) is 6.76. The van der Waals surface area contributed by atoms with Gasteiger partial charge in [0.1, 0.15) is 11.5 Å².